The number of pyridine rings is 1. The lowest BCUT2D eigenvalue weighted by Crippen LogP contribution is -1.99. The number of hydrogen-bond donors (Lipinski definition) is 0. The molecule has 0 aliphatic carbocycles. The third kappa shape index (κ3) is 4.56. The smallest absolute Gasteiger partial charge is 0.132 e. The van der Waals surface area contributed by atoms with Gasteiger partial charge in [-0.25, -0.2) is 0 Å². The molecule has 1 aromatic heterocycles. The topological polar surface area (TPSA) is 30.0 Å². The average Bonchev–Trinajstić information content (AvgIpc) is 2.30. The molecular weight excluding hydrogens is 198 g/mol. The molecular formula is C14H21NO. The van der Waals surface area contributed by atoms with E-state index in [9.17, 15) is 4.79 Å². The molecule has 0 radical (unpaired) electrons. The molecule has 0 atom stereocenters. The Hall–Kier alpha value is -1.18. The molecule has 1 rings (SSSR count). The molecule has 0 aliphatic heterocycles. The monoisotopic (exact) mass is 219 g/mol. The van der Waals surface area contributed by atoms with Crippen molar-refractivity contribution in [3.8, 4) is 0 Å². The minimum atomic E-state index is 0.382. The van der Waals surface area contributed by atoms with Crippen LogP contribution in [0.3, 0.4) is 0 Å². The predicted octanol–water partition coefficient (Wildman–Crippen LogP) is 3.34. The molecule has 0 N–H and O–H groups in total. The molecule has 1 aromatic rings. The quantitative estimate of drug-likeness (QED) is 0.704. The summed E-state index contributed by atoms with van der Waals surface area (Å²) in [6.45, 7) is 4.17. The molecule has 0 spiro atoms. The van der Waals surface area contributed by atoms with Gasteiger partial charge in [0, 0.05) is 24.7 Å². The zero-order valence-corrected chi connectivity index (χ0v) is 10.3. The second-order valence-corrected chi connectivity index (χ2v) is 4.15. The maximum atomic E-state index is 11.3. The summed E-state index contributed by atoms with van der Waals surface area (Å²) in [6, 6.07) is 4.19. The van der Waals surface area contributed by atoms with E-state index in [0.717, 1.165) is 37.8 Å². The van der Waals surface area contributed by atoms with Crippen molar-refractivity contribution in [2.45, 2.75) is 52.4 Å². The molecule has 0 saturated carbocycles. The summed E-state index contributed by atoms with van der Waals surface area (Å²) < 4.78 is 0. The second kappa shape index (κ2) is 7.15. The van der Waals surface area contributed by atoms with Crippen LogP contribution in [0.15, 0.2) is 18.3 Å². The van der Waals surface area contributed by atoms with Crippen LogP contribution in [0.1, 0.15) is 50.8 Å². The Balaban J connectivity index is 2.29. The van der Waals surface area contributed by atoms with Gasteiger partial charge in [0.05, 0.1) is 0 Å². The first kappa shape index (κ1) is 12.9. The fraction of sp³-hybridized carbons (Fsp3) is 0.571. The fourth-order valence-corrected chi connectivity index (χ4v) is 1.68. The number of carbonyl (C=O) groups excluding carboxylic acids is 1. The lowest BCUT2D eigenvalue weighted by Gasteiger charge is -2.01. The Bertz CT molecular complexity index is 316. The number of aryl methyl sites for hydroxylation is 2. The van der Waals surface area contributed by atoms with E-state index < -0.39 is 0 Å². The maximum Gasteiger partial charge on any atom is 0.132 e. The Morgan fingerprint density at radius 3 is 2.62 bits per heavy atom. The van der Waals surface area contributed by atoms with Crippen LogP contribution in [-0.4, -0.2) is 10.8 Å². The zero-order valence-electron chi connectivity index (χ0n) is 10.3. The molecule has 2 heteroatoms. The van der Waals surface area contributed by atoms with Crippen LogP contribution < -0.4 is 0 Å². The summed E-state index contributed by atoms with van der Waals surface area (Å²) in [5.41, 5.74) is 2.37. The number of carbonyl (C=O) groups is 1. The van der Waals surface area contributed by atoms with E-state index in [-0.39, 0.29) is 0 Å². The van der Waals surface area contributed by atoms with Gasteiger partial charge < -0.3 is 0 Å². The summed E-state index contributed by atoms with van der Waals surface area (Å²) in [5.74, 6) is 0.382. The van der Waals surface area contributed by atoms with Crippen LogP contribution in [0.2, 0.25) is 0 Å². The van der Waals surface area contributed by atoms with Gasteiger partial charge in [-0.05, 0) is 37.3 Å². The maximum absolute atomic E-state index is 11.3. The SMILES string of the molecule is CCCC(=O)CCCc1ccc(CC)cn1. The summed E-state index contributed by atoms with van der Waals surface area (Å²) in [4.78, 5) is 15.7. The Kier molecular flexibility index (Phi) is 5.76. The highest BCUT2D eigenvalue weighted by molar-refractivity contribution is 5.78. The van der Waals surface area contributed by atoms with Crippen molar-refractivity contribution in [1.29, 1.82) is 0 Å². The number of aromatic nitrogens is 1. The van der Waals surface area contributed by atoms with Gasteiger partial charge in [0.25, 0.3) is 0 Å². The van der Waals surface area contributed by atoms with Crippen LogP contribution in [0.25, 0.3) is 0 Å². The van der Waals surface area contributed by atoms with E-state index >= 15 is 0 Å². The predicted molar refractivity (Wildman–Crippen MR) is 66.5 cm³/mol. The molecule has 2 nitrogen and oxygen atoms in total. The van der Waals surface area contributed by atoms with Crippen molar-refractivity contribution in [3.05, 3.63) is 29.6 Å². The van der Waals surface area contributed by atoms with Gasteiger partial charge in [0.1, 0.15) is 5.78 Å². The van der Waals surface area contributed by atoms with Crippen molar-refractivity contribution in [1.82, 2.24) is 4.98 Å². The van der Waals surface area contributed by atoms with Gasteiger partial charge in [-0.2, -0.15) is 0 Å². The molecule has 0 aromatic carbocycles. The number of rotatable bonds is 7. The first-order chi connectivity index (χ1) is 7.76. The second-order valence-electron chi connectivity index (χ2n) is 4.15. The summed E-state index contributed by atoms with van der Waals surface area (Å²) in [6.07, 6.45) is 7.19. The molecule has 0 aliphatic rings. The van der Waals surface area contributed by atoms with E-state index in [1.165, 1.54) is 5.56 Å². The fourth-order valence-electron chi connectivity index (χ4n) is 1.68. The van der Waals surface area contributed by atoms with Gasteiger partial charge in [-0.15, -0.1) is 0 Å². The normalized spacial score (nSPS) is 10.4. The van der Waals surface area contributed by atoms with Crippen LogP contribution in [0.4, 0.5) is 0 Å². The highest BCUT2D eigenvalue weighted by atomic mass is 16.1. The molecule has 16 heavy (non-hydrogen) atoms. The van der Waals surface area contributed by atoms with E-state index in [0.29, 0.717) is 12.2 Å². The van der Waals surface area contributed by atoms with Crippen LogP contribution in [0.5, 0.6) is 0 Å². The Labute approximate surface area is 98.1 Å². The largest absolute Gasteiger partial charge is 0.300 e. The number of ketones is 1. The van der Waals surface area contributed by atoms with Crippen LogP contribution >= 0.6 is 0 Å². The summed E-state index contributed by atoms with van der Waals surface area (Å²) in [7, 11) is 0. The number of nitrogens with zero attached hydrogens (tertiary/aromatic N) is 1. The molecule has 88 valence electrons. The van der Waals surface area contributed by atoms with Gasteiger partial charge >= 0.3 is 0 Å². The van der Waals surface area contributed by atoms with Crippen molar-refractivity contribution < 1.29 is 4.79 Å². The standard InChI is InChI=1S/C14H21NO/c1-3-6-14(16)8-5-7-13-10-9-12(4-2)11-15-13/h9-11H,3-8H2,1-2H3. The minimum absolute atomic E-state index is 0.382. The van der Waals surface area contributed by atoms with Gasteiger partial charge in [-0.3, -0.25) is 9.78 Å². The Morgan fingerprint density at radius 2 is 2.06 bits per heavy atom. The summed E-state index contributed by atoms with van der Waals surface area (Å²) >= 11 is 0. The lowest BCUT2D eigenvalue weighted by molar-refractivity contribution is -0.119. The van der Waals surface area contributed by atoms with E-state index in [1.807, 2.05) is 13.1 Å². The average molecular weight is 219 g/mol. The molecule has 0 amide bonds. The molecule has 0 bridgehead atoms. The van der Waals surface area contributed by atoms with Gasteiger partial charge in [0.2, 0.25) is 0 Å². The highest BCUT2D eigenvalue weighted by Crippen LogP contribution is 2.06. The highest BCUT2D eigenvalue weighted by Gasteiger charge is 2.01. The van der Waals surface area contributed by atoms with Crippen LogP contribution in [-0.2, 0) is 17.6 Å². The lowest BCUT2D eigenvalue weighted by atomic mass is 10.1. The van der Waals surface area contributed by atoms with Crippen molar-refractivity contribution in [3.63, 3.8) is 0 Å². The van der Waals surface area contributed by atoms with Gasteiger partial charge in [0.15, 0.2) is 0 Å². The first-order valence-corrected chi connectivity index (χ1v) is 6.21. The molecule has 1 heterocycles. The summed E-state index contributed by atoms with van der Waals surface area (Å²) in [5, 5.41) is 0. The third-order valence-corrected chi connectivity index (χ3v) is 2.71. The molecule has 0 fully saturated rings. The van der Waals surface area contributed by atoms with Crippen molar-refractivity contribution in [2.24, 2.45) is 0 Å². The van der Waals surface area contributed by atoms with E-state index in [2.05, 4.69) is 24.0 Å². The number of Topliss-reactive ketones (excluding diaryl/α,β-unsaturated/α-hetero) is 1. The van der Waals surface area contributed by atoms with Crippen molar-refractivity contribution in [2.75, 3.05) is 0 Å². The van der Waals surface area contributed by atoms with E-state index in [4.69, 9.17) is 0 Å². The molecule has 0 saturated heterocycles. The third-order valence-electron chi connectivity index (χ3n) is 2.71. The van der Waals surface area contributed by atoms with E-state index in [1.54, 1.807) is 0 Å². The van der Waals surface area contributed by atoms with Crippen LogP contribution in [0, 0.1) is 0 Å². The minimum Gasteiger partial charge on any atom is -0.300 e. The van der Waals surface area contributed by atoms with Crippen molar-refractivity contribution >= 4 is 5.78 Å². The van der Waals surface area contributed by atoms with Gasteiger partial charge in [-0.1, -0.05) is 19.9 Å². The molecule has 0 unspecified atom stereocenters. The Morgan fingerprint density at radius 1 is 1.25 bits per heavy atom. The first-order valence-electron chi connectivity index (χ1n) is 6.21. The zero-order chi connectivity index (χ0) is 11.8. The number of hydrogen-bond acceptors (Lipinski definition) is 2.